The van der Waals surface area contributed by atoms with Gasteiger partial charge in [-0.05, 0) is 30.3 Å². The van der Waals surface area contributed by atoms with E-state index in [-0.39, 0.29) is 5.91 Å². The topological polar surface area (TPSA) is 46.1 Å². The molecule has 4 nitrogen and oxygen atoms in total. The van der Waals surface area contributed by atoms with E-state index >= 15 is 0 Å². The van der Waals surface area contributed by atoms with E-state index in [0.29, 0.717) is 17.0 Å². The Morgan fingerprint density at radius 1 is 1.73 bits per heavy atom. The molecule has 1 aromatic heterocycles. The van der Waals surface area contributed by atoms with Crippen molar-refractivity contribution in [3.63, 3.8) is 0 Å². The van der Waals surface area contributed by atoms with E-state index in [0.717, 1.165) is 19.4 Å². The summed E-state index contributed by atoms with van der Waals surface area (Å²) >= 11 is 7.08. The molecule has 1 aromatic rings. The summed E-state index contributed by atoms with van der Waals surface area (Å²) in [6, 6.07) is 0. The van der Waals surface area contributed by atoms with E-state index in [2.05, 4.69) is 9.59 Å². The van der Waals surface area contributed by atoms with Crippen molar-refractivity contribution in [1.82, 2.24) is 14.5 Å². The zero-order valence-corrected chi connectivity index (χ0v) is 9.96. The Morgan fingerprint density at radius 2 is 2.47 bits per heavy atom. The zero-order valence-electron chi connectivity index (χ0n) is 8.39. The second kappa shape index (κ2) is 4.45. The number of carbonyl (C=O) groups is 1. The average molecular weight is 246 g/mol. The normalized spacial score (nSPS) is 24.7. The molecule has 1 saturated carbocycles. The Hall–Kier alpha value is -0.680. The highest BCUT2D eigenvalue weighted by molar-refractivity contribution is 7.03. The van der Waals surface area contributed by atoms with Crippen LogP contribution in [0.3, 0.4) is 0 Å². The minimum Gasteiger partial charge on any atom is -0.340 e. The van der Waals surface area contributed by atoms with Crippen LogP contribution in [0.2, 0.25) is 0 Å². The highest BCUT2D eigenvalue weighted by Gasteiger charge is 2.29. The Balaban J connectivity index is 1.86. The van der Waals surface area contributed by atoms with E-state index in [4.69, 9.17) is 11.6 Å². The number of carbonyl (C=O) groups excluding carboxylic acids is 1. The Labute approximate surface area is 97.4 Å². The Bertz CT molecular complexity index is 337. The van der Waals surface area contributed by atoms with Crippen molar-refractivity contribution in [2.45, 2.75) is 18.2 Å². The van der Waals surface area contributed by atoms with Crippen LogP contribution in [0.15, 0.2) is 5.38 Å². The number of amides is 1. The largest absolute Gasteiger partial charge is 0.340 e. The molecule has 0 unspecified atom stereocenters. The fourth-order valence-corrected chi connectivity index (χ4v) is 2.66. The van der Waals surface area contributed by atoms with Gasteiger partial charge in [0.05, 0.1) is 0 Å². The van der Waals surface area contributed by atoms with Crippen molar-refractivity contribution in [3.8, 4) is 0 Å². The molecule has 82 valence electrons. The van der Waals surface area contributed by atoms with E-state index in [1.807, 2.05) is 0 Å². The maximum Gasteiger partial charge on any atom is 0.275 e. The van der Waals surface area contributed by atoms with Crippen molar-refractivity contribution in [2.75, 3.05) is 13.6 Å². The van der Waals surface area contributed by atoms with Crippen molar-refractivity contribution < 1.29 is 4.79 Å². The fourth-order valence-electron chi connectivity index (χ4n) is 1.73. The number of rotatable bonds is 3. The summed E-state index contributed by atoms with van der Waals surface area (Å²) in [5.74, 6) is 0.495. The molecule has 0 radical (unpaired) electrons. The molecule has 1 aliphatic carbocycles. The van der Waals surface area contributed by atoms with E-state index in [1.165, 1.54) is 11.5 Å². The second-order valence-electron chi connectivity index (χ2n) is 3.91. The number of alkyl halides is 1. The lowest BCUT2D eigenvalue weighted by Gasteiger charge is -2.33. The third-order valence-electron chi connectivity index (χ3n) is 2.64. The van der Waals surface area contributed by atoms with Crippen LogP contribution in [0.5, 0.6) is 0 Å². The van der Waals surface area contributed by atoms with Crippen molar-refractivity contribution >= 4 is 29.0 Å². The molecule has 0 aliphatic heterocycles. The van der Waals surface area contributed by atoms with Gasteiger partial charge in [0.15, 0.2) is 5.69 Å². The summed E-state index contributed by atoms with van der Waals surface area (Å²) < 4.78 is 3.67. The molecular weight excluding hydrogens is 234 g/mol. The van der Waals surface area contributed by atoms with Gasteiger partial charge in [0.2, 0.25) is 0 Å². The van der Waals surface area contributed by atoms with Crippen LogP contribution in [0.1, 0.15) is 23.3 Å². The minimum absolute atomic E-state index is 0.0539. The molecule has 0 N–H and O–H groups in total. The summed E-state index contributed by atoms with van der Waals surface area (Å²) in [5, 5.41) is 5.73. The molecule has 1 heterocycles. The molecule has 2 rings (SSSR count). The quantitative estimate of drug-likeness (QED) is 0.761. The van der Waals surface area contributed by atoms with Crippen LogP contribution >= 0.6 is 23.1 Å². The first kappa shape index (κ1) is 10.8. The molecular formula is C9H12ClN3OS. The number of aromatic nitrogens is 2. The van der Waals surface area contributed by atoms with Gasteiger partial charge in [0.1, 0.15) is 0 Å². The summed E-state index contributed by atoms with van der Waals surface area (Å²) in [6.45, 7) is 0.763. The van der Waals surface area contributed by atoms with Crippen molar-refractivity contribution in [2.24, 2.45) is 5.92 Å². The highest BCUT2D eigenvalue weighted by atomic mass is 35.5. The first-order chi connectivity index (χ1) is 7.16. The van der Waals surface area contributed by atoms with Gasteiger partial charge < -0.3 is 4.90 Å². The number of halogens is 1. The lowest BCUT2D eigenvalue weighted by molar-refractivity contribution is 0.0741. The van der Waals surface area contributed by atoms with Crippen LogP contribution in [-0.2, 0) is 0 Å². The smallest absolute Gasteiger partial charge is 0.275 e. The van der Waals surface area contributed by atoms with Gasteiger partial charge in [-0.25, -0.2) is 0 Å². The third-order valence-corrected chi connectivity index (χ3v) is 3.50. The van der Waals surface area contributed by atoms with Gasteiger partial charge in [-0.15, -0.1) is 16.7 Å². The van der Waals surface area contributed by atoms with Gasteiger partial charge in [0.25, 0.3) is 5.91 Å². The average Bonchev–Trinajstić information content (AvgIpc) is 2.66. The predicted molar refractivity (Wildman–Crippen MR) is 59.2 cm³/mol. The molecule has 15 heavy (non-hydrogen) atoms. The molecule has 1 aliphatic rings. The van der Waals surface area contributed by atoms with Crippen LogP contribution in [0.4, 0.5) is 0 Å². The third kappa shape index (κ3) is 2.46. The van der Waals surface area contributed by atoms with Gasteiger partial charge in [-0.1, -0.05) is 4.49 Å². The predicted octanol–water partition coefficient (Wildman–Crippen LogP) is 1.63. The summed E-state index contributed by atoms with van der Waals surface area (Å²) in [5.41, 5.74) is 0.434. The molecule has 0 atom stereocenters. The van der Waals surface area contributed by atoms with Gasteiger partial charge in [-0.3, -0.25) is 4.79 Å². The molecule has 1 amide bonds. The standard InChI is InChI=1S/C9H12ClN3OS/c1-13(4-6-2-7(10)3-6)9(14)8-5-15-12-11-8/h5-7H,2-4H2,1H3. The van der Waals surface area contributed by atoms with Gasteiger partial charge >= 0.3 is 0 Å². The lowest BCUT2D eigenvalue weighted by atomic mass is 9.84. The molecule has 1 fully saturated rings. The zero-order chi connectivity index (χ0) is 10.8. The Kier molecular flexibility index (Phi) is 3.21. The first-order valence-corrected chi connectivity index (χ1v) is 6.10. The number of hydrogen-bond donors (Lipinski definition) is 0. The van der Waals surface area contributed by atoms with E-state index < -0.39 is 0 Å². The van der Waals surface area contributed by atoms with Crippen molar-refractivity contribution in [1.29, 1.82) is 0 Å². The molecule has 0 aromatic carbocycles. The van der Waals surface area contributed by atoms with Gasteiger partial charge in [0, 0.05) is 24.3 Å². The van der Waals surface area contributed by atoms with Crippen LogP contribution in [0.25, 0.3) is 0 Å². The second-order valence-corrected chi connectivity index (χ2v) is 5.14. The maximum absolute atomic E-state index is 11.8. The minimum atomic E-state index is -0.0539. The highest BCUT2D eigenvalue weighted by Crippen LogP contribution is 2.32. The lowest BCUT2D eigenvalue weighted by Crippen LogP contribution is -2.38. The van der Waals surface area contributed by atoms with Crippen molar-refractivity contribution in [3.05, 3.63) is 11.1 Å². The van der Waals surface area contributed by atoms with Gasteiger partial charge in [-0.2, -0.15) is 0 Å². The van der Waals surface area contributed by atoms with Crippen LogP contribution < -0.4 is 0 Å². The molecule has 0 saturated heterocycles. The first-order valence-electron chi connectivity index (χ1n) is 4.83. The Morgan fingerprint density at radius 3 is 3.00 bits per heavy atom. The number of nitrogens with zero attached hydrogens (tertiary/aromatic N) is 3. The van der Waals surface area contributed by atoms with E-state index in [9.17, 15) is 4.79 Å². The van der Waals surface area contributed by atoms with Crippen LogP contribution in [0, 0.1) is 5.92 Å². The number of hydrogen-bond acceptors (Lipinski definition) is 4. The molecule has 0 bridgehead atoms. The molecule has 0 spiro atoms. The monoisotopic (exact) mass is 245 g/mol. The summed E-state index contributed by atoms with van der Waals surface area (Å²) in [7, 11) is 1.79. The summed E-state index contributed by atoms with van der Waals surface area (Å²) in [4.78, 5) is 13.5. The van der Waals surface area contributed by atoms with E-state index in [1.54, 1.807) is 17.3 Å². The van der Waals surface area contributed by atoms with Crippen LogP contribution in [-0.4, -0.2) is 39.4 Å². The maximum atomic E-state index is 11.8. The fraction of sp³-hybridized carbons (Fsp3) is 0.667. The SMILES string of the molecule is CN(CC1CC(Cl)C1)C(=O)c1csnn1. The molecule has 6 heteroatoms. The summed E-state index contributed by atoms with van der Waals surface area (Å²) in [6.07, 6.45) is 2.02.